The maximum Gasteiger partial charge on any atom is 0.180 e. The van der Waals surface area contributed by atoms with Crippen LogP contribution < -0.4 is 0 Å². The van der Waals surface area contributed by atoms with Crippen molar-refractivity contribution >= 4 is 27.2 Å². The maximum atomic E-state index is 13.2. The van der Waals surface area contributed by atoms with Crippen LogP contribution in [0.2, 0.25) is 5.02 Å². The molecule has 0 amide bonds. The monoisotopic (exact) mass is 250 g/mol. The first-order valence-electron chi connectivity index (χ1n) is 3.95. The quantitative estimate of drug-likeness (QED) is 0.768. The van der Waals surface area contributed by atoms with E-state index in [1.165, 1.54) is 12.1 Å². The lowest BCUT2D eigenvalue weighted by atomic mass is 10.1. The smallest absolute Gasteiger partial charge is 0.180 e. The predicted molar refractivity (Wildman–Crippen MR) is 55.5 cm³/mol. The molecule has 3 nitrogen and oxygen atoms in total. The van der Waals surface area contributed by atoms with Crippen LogP contribution in [0.3, 0.4) is 0 Å². The van der Waals surface area contributed by atoms with Crippen molar-refractivity contribution in [3.63, 3.8) is 0 Å². The van der Waals surface area contributed by atoms with Crippen molar-refractivity contribution in [1.29, 1.82) is 0 Å². The first kappa shape index (κ1) is 12.1. The highest BCUT2D eigenvalue weighted by Crippen LogP contribution is 2.15. The van der Waals surface area contributed by atoms with Crippen molar-refractivity contribution in [1.82, 2.24) is 0 Å². The summed E-state index contributed by atoms with van der Waals surface area (Å²) >= 11 is 5.49. The van der Waals surface area contributed by atoms with Crippen molar-refractivity contribution in [2.75, 3.05) is 12.0 Å². The molecule has 0 saturated carbocycles. The van der Waals surface area contributed by atoms with E-state index in [9.17, 15) is 17.6 Å². The highest BCUT2D eigenvalue weighted by molar-refractivity contribution is 7.91. The lowest BCUT2D eigenvalue weighted by molar-refractivity contribution is 0.101. The topological polar surface area (TPSA) is 51.2 Å². The highest BCUT2D eigenvalue weighted by Gasteiger charge is 2.16. The first-order chi connectivity index (χ1) is 6.79. The predicted octanol–water partition coefficient (Wildman–Crippen LogP) is 1.71. The summed E-state index contributed by atoms with van der Waals surface area (Å²) in [6.45, 7) is 0. The van der Waals surface area contributed by atoms with E-state index in [2.05, 4.69) is 0 Å². The Morgan fingerprint density at radius 3 is 2.53 bits per heavy atom. The highest BCUT2D eigenvalue weighted by atomic mass is 35.5. The molecule has 1 aromatic rings. The SMILES string of the molecule is CS(=O)(=O)CC(=O)c1ccc(Cl)cc1F. The Kier molecular flexibility index (Phi) is 3.46. The number of Topliss-reactive ketones (excluding diaryl/α,β-unsaturated/α-hetero) is 1. The molecule has 0 aliphatic rings. The standard InChI is InChI=1S/C9H8ClFO3S/c1-15(13,14)5-9(12)7-3-2-6(10)4-8(7)11/h2-4H,5H2,1H3. The minimum absolute atomic E-state index is 0.156. The van der Waals surface area contributed by atoms with Gasteiger partial charge in [0.15, 0.2) is 15.6 Å². The fourth-order valence-electron chi connectivity index (χ4n) is 1.03. The number of sulfone groups is 1. The number of ketones is 1. The third-order valence-electron chi connectivity index (χ3n) is 1.62. The molecule has 0 heterocycles. The van der Waals surface area contributed by atoms with Crippen molar-refractivity contribution in [3.8, 4) is 0 Å². The molecule has 6 heteroatoms. The molecule has 0 N–H and O–H groups in total. The van der Waals surface area contributed by atoms with Crippen LogP contribution in [0.15, 0.2) is 18.2 Å². The van der Waals surface area contributed by atoms with Gasteiger partial charge in [0.05, 0.1) is 5.56 Å². The van der Waals surface area contributed by atoms with Crippen LogP contribution in [0.1, 0.15) is 10.4 Å². The van der Waals surface area contributed by atoms with Crippen LogP contribution in [-0.4, -0.2) is 26.2 Å². The van der Waals surface area contributed by atoms with Crippen molar-refractivity contribution in [2.45, 2.75) is 0 Å². The Hall–Kier alpha value is -0.940. The number of rotatable bonds is 3. The second kappa shape index (κ2) is 4.28. The number of halogens is 2. The van der Waals surface area contributed by atoms with Crippen LogP contribution in [0.4, 0.5) is 4.39 Å². The van der Waals surface area contributed by atoms with Crippen molar-refractivity contribution in [3.05, 3.63) is 34.6 Å². The molecular formula is C9H8ClFO3S. The van der Waals surface area contributed by atoms with E-state index in [1.54, 1.807) is 0 Å². The summed E-state index contributed by atoms with van der Waals surface area (Å²) in [5.41, 5.74) is -0.259. The summed E-state index contributed by atoms with van der Waals surface area (Å²) in [7, 11) is -3.45. The summed E-state index contributed by atoms with van der Waals surface area (Å²) < 4.78 is 34.8. The Labute approximate surface area is 91.8 Å². The Morgan fingerprint density at radius 2 is 2.07 bits per heavy atom. The molecule has 0 radical (unpaired) electrons. The van der Waals surface area contributed by atoms with E-state index in [1.807, 2.05) is 0 Å². The first-order valence-corrected chi connectivity index (χ1v) is 6.39. The van der Waals surface area contributed by atoms with Gasteiger partial charge in [0.1, 0.15) is 11.6 Å². The molecule has 0 atom stereocenters. The number of benzene rings is 1. The number of carbonyl (C=O) groups is 1. The van der Waals surface area contributed by atoms with E-state index in [0.29, 0.717) is 0 Å². The summed E-state index contributed by atoms with van der Waals surface area (Å²) in [6, 6.07) is 3.47. The van der Waals surface area contributed by atoms with Gasteiger partial charge in [-0.3, -0.25) is 4.79 Å². The molecule has 0 aromatic heterocycles. The van der Waals surface area contributed by atoms with E-state index < -0.39 is 27.2 Å². The summed E-state index contributed by atoms with van der Waals surface area (Å²) in [5, 5.41) is 0.156. The minimum atomic E-state index is -3.45. The van der Waals surface area contributed by atoms with Gasteiger partial charge in [-0.25, -0.2) is 12.8 Å². The van der Waals surface area contributed by atoms with Gasteiger partial charge in [-0.05, 0) is 18.2 Å². The zero-order chi connectivity index (χ0) is 11.6. The zero-order valence-corrected chi connectivity index (χ0v) is 9.40. The Balaban J connectivity index is 3.02. The summed E-state index contributed by atoms with van der Waals surface area (Å²) in [4.78, 5) is 11.3. The normalized spacial score (nSPS) is 11.4. The zero-order valence-electron chi connectivity index (χ0n) is 7.83. The fraction of sp³-hybridized carbons (Fsp3) is 0.222. The molecule has 15 heavy (non-hydrogen) atoms. The van der Waals surface area contributed by atoms with Gasteiger partial charge < -0.3 is 0 Å². The van der Waals surface area contributed by atoms with Gasteiger partial charge in [0, 0.05) is 11.3 Å². The van der Waals surface area contributed by atoms with Gasteiger partial charge in [0.25, 0.3) is 0 Å². The van der Waals surface area contributed by atoms with Gasteiger partial charge >= 0.3 is 0 Å². The Bertz CT molecular complexity index is 496. The van der Waals surface area contributed by atoms with Crippen molar-refractivity contribution < 1.29 is 17.6 Å². The van der Waals surface area contributed by atoms with Crippen LogP contribution in [0.25, 0.3) is 0 Å². The minimum Gasteiger partial charge on any atom is -0.293 e. The van der Waals surface area contributed by atoms with Crippen molar-refractivity contribution in [2.24, 2.45) is 0 Å². The van der Waals surface area contributed by atoms with Gasteiger partial charge in [-0.15, -0.1) is 0 Å². The molecule has 0 aliphatic heterocycles. The second-order valence-electron chi connectivity index (χ2n) is 3.12. The molecule has 0 aliphatic carbocycles. The molecule has 1 rings (SSSR count). The van der Waals surface area contributed by atoms with Crippen LogP contribution in [0, 0.1) is 5.82 Å². The molecule has 82 valence electrons. The molecule has 0 saturated heterocycles. The number of hydrogen-bond donors (Lipinski definition) is 0. The van der Waals surface area contributed by atoms with E-state index in [-0.39, 0.29) is 10.6 Å². The van der Waals surface area contributed by atoms with Gasteiger partial charge in [-0.2, -0.15) is 0 Å². The second-order valence-corrected chi connectivity index (χ2v) is 5.69. The molecule has 0 unspecified atom stereocenters. The largest absolute Gasteiger partial charge is 0.293 e. The molecule has 0 spiro atoms. The van der Waals surface area contributed by atoms with Gasteiger partial charge in [0.2, 0.25) is 0 Å². The number of hydrogen-bond acceptors (Lipinski definition) is 3. The van der Waals surface area contributed by atoms with E-state index in [4.69, 9.17) is 11.6 Å². The third kappa shape index (κ3) is 3.60. The van der Waals surface area contributed by atoms with Crippen LogP contribution in [-0.2, 0) is 9.84 Å². The van der Waals surface area contributed by atoms with E-state index in [0.717, 1.165) is 12.3 Å². The number of carbonyl (C=O) groups excluding carboxylic acids is 1. The lowest BCUT2D eigenvalue weighted by Crippen LogP contribution is -2.15. The lowest BCUT2D eigenvalue weighted by Gasteiger charge is -2.01. The summed E-state index contributed by atoms with van der Waals surface area (Å²) in [6.07, 6.45) is 0.915. The molecule has 0 bridgehead atoms. The molecule has 0 fully saturated rings. The molecular weight excluding hydrogens is 243 g/mol. The maximum absolute atomic E-state index is 13.2. The fourth-order valence-corrected chi connectivity index (χ4v) is 1.82. The van der Waals surface area contributed by atoms with E-state index >= 15 is 0 Å². The average molecular weight is 251 g/mol. The van der Waals surface area contributed by atoms with Gasteiger partial charge in [-0.1, -0.05) is 11.6 Å². The molecule has 1 aromatic carbocycles. The van der Waals surface area contributed by atoms with Crippen LogP contribution in [0.5, 0.6) is 0 Å². The summed E-state index contributed by atoms with van der Waals surface area (Å²) in [5.74, 6) is -2.28. The average Bonchev–Trinajstić information content (AvgIpc) is 1.99. The Morgan fingerprint density at radius 1 is 1.47 bits per heavy atom. The van der Waals surface area contributed by atoms with Crippen LogP contribution >= 0.6 is 11.6 Å². The third-order valence-corrected chi connectivity index (χ3v) is 2.65.